The first-order valence-electron chi connectivity index (χ1n) is 5.40. The van der Waals surface area contributed by atoms with E-state index in [0.29, 0.717) is 6.54 Å². The molecule has 102 valence electrons. The highest BCUT2D eigenvalue weighted by atomic mass is 35.5. The van der Waals surface area contributed by atoms with Crippen LogP contribution in [0.15, 0.2) is 0 Å². The topological polar surface area (TPSA) is 38.3 Å². The average molecular weight is 276 g/mol. The van der Waals surface area contributed by atoms with Crippen LogP contribution in [0.2, 0.25) is 0 Å². The van der Waals surface area contributed by atoms with Gasteiger partial charge in [0.2, 0.25) is 5.91 Å². The summed E-state index contributed by atoms with van der Waals surface area (Å²) in [5, 5.41) is 2.39. The fourth-order valence-corrected chi connectivity index (χ4v) is 1.38. The summed E-state index contributed by atoms with van der Waals surface area (Å²) in [7, 11) is 0. The van der Waals surface area contributed by atoms with Crippen molar-refractivity contribution in [1.29, 1.82) is 0 Å². The van der Waals surface area contributed by atoms with E-state index in [1.807, 2.05) is 6.92 Å². The lowest BCUT2D eigenvalue weighted by Gasteiger charge is -2.10. The number of carbonyl (C=O) groups excluding carboxylic acids is 1. The first kappa shape index (κ1) is 16.5. The van der Waals surface area contributed by atoms with E-state index < -0.39 is 12.8 Å². The Hall–Kier alpha value is -0.490. The van der Waals surface area contributed by atoms with Crippen molar-refractivity contribution in [3.63, 3.8) is 0 Å². The highest BCUT2D eigenvalue weighted by molar-refractivity contribution is 6.20. The Morgan fingerprint density at radius 3 is 2.65 bits per heavy atom. The van der Waals surface area contributed by atoms with E-state index in [9.17, 15) is 18.0 Å². The zero-order valence-electron chi connectivity index (χ0n) is 9.65. The van der Waals surface area contributed by atoms with E-state index in [4.69, 9.17) is 11.6 Å². The van der Waals surface area contributed by atoms with Crippen LogP contribution in [0.5, 0.6) is 0 Å². The van der Waals surface area contributed by atoms with Gasteiger partial charge in [-0.15, -0.1) is 11.6 Å². The Bertz CT molecular complexity index is 224. The molecule has 0 heterocycles. The first-order chi connectivity index (χ1) is 7.85. The molecule has 0 radical (unpaired) electrons. The summed E-state index contributed by atoms with van der Waals surface area (Å²) in [6.07, 6.45) is -2.74. The molecular weight excluding hydrogens is 259 g/mol. The molecule has 0 rings (SSSR count). The molecule has 17 heavy (non-hydrogen) atoms. The fraction of sp³-hybridized carbons (Fsp3) is 0.900. The summed E-state index contributed by atoms with van der Waals surface area (Å²) in [6.45, 7) is 0.732. The van der Waals surface area contributed by atoms with Gasteiger partial charge in [0.25, 0.3) is 0 Å². The molecule has 0 saturated carbocycles. The quantitative estimate of drug-likeness (QED) is 0.546. The van der Waals surface area contributed by atoms with Crippen molar-refractivity contribution in [2.24, 2.45) is 0 Å². The van der Waals surface area contributed by atoms with Gasteiger partial charge < -0.3 is 10.1 Å². The number of rotatable bonds is 8. The summed E-state index contributed by atoms with van der Waals surface area (Å²) < 4.78 is 39.3. The molecule has 0 aliphatic carbocycles. The van der Waals surface area contributed by atoms with Crippen molar-refractivity contribution in [2.45, 2.75) is 37.7 Å². The van der Waals surface area contributed by atoms with Crippen LogP contribution in [0.25, 0.3) is 0 Å². The summed E-state index contributed by atoms with van der Waals surface area (Å²) in [5.74, 6) is -0.353. The minimum Gasteiger partial charge on any atom is -0.372 e. The molecule has 0 saturated heterocycles. The molecule has 1 atom stereocenters. The largest absolute Gasteiger partial charge is 0.411 e. The number of hydrogen-bond acceptors (Lipinski definition) is 2. The van der Waals surface area contributed by atoms with Gasteiger partial charge in [-0.3, -0.25) is 4.79 Å². The van der Waals surface area contributed by atoms with Crippen LogP contribution in [-0.2, 0) is 9.53 Å². The number of hydrogen-bond donors (Lipinski definition) is 1. The van der Waals surface area contributed by atoms with Gasteiger partial charge in [-0.25, -0.2) is 0 Å². The maximum Gasteiger partial charge on any atom is 0.411 e. The van der Waals surface area contributed by atoms with Gasteiger partial charge in [0.05, 0.1) is 12.0 Å². The Labute approximate surface area is 104 Å². The van der Waals surface area contributed by atoms with Crippen LogP contribution >= 0.6 is 11.6 Å². The predicted molar refractivity (Wildman–Crippen MR) is 59.0 cm³/mol. The molecule has 0 aromatic heterocycles. The second kappa shape index (κ2) is 8.58. The number of amides is 1. The maximum absolute atomic E-state index is 11.7. The first-order valence-corrected chi connectivity index (χ1v) is 5.84. The number of alkyl halides is 4. The molecule has 3 nitrogen and oxygen atoms in total. The number of halogens is 4. The average Bonchev–Trinajstić information content (AvgIpc) is 2.21. The summed E-state index contributed by atoms with van der Waals surface area (Å²) >= 11 is 5.85. The Morgan fingerprint density at radius 2 is 2.12 bits per heavy atom. The van der Waals surface area contributed by atoms with Gasteiger partial charge in [0.15, 0.2) is 0 Å². The maximum atomic E-state index is 11.7. The minimum absolute atomic E-state index is 0.0915. The molecule has 0 aromatic carbocycles. The second-order valence-electron chi connectivity index (χ2n) is 3.61. The van der Waals surface area contributed by atoms with Gasteiger partial charge in [-0.2, -0.15) is 13.2 Å². The molecule has 1 N–H and O–H groups in total. The fourth-order valence-electron chi connectivity index (χ4n) is 1.08. The van der Waals surface area contributed by atoms with Crippen LogP contribution in [-0.4, -0.2) is 37.2 Å². The van der Waals surface area contributed by atoms with Crippen LogP contribution < -0.4 is 5.32 Å². The third-order valence-corrected chi connectivity index (χ3v) is 2.23. The Kier molecular flexibility index (Phi) is 8.33. The molecule has 0 bridgehead atoms. The number of ether oxygens (including phenoxy) is 1. The van der Waals surface area contributed by atoms with E-state index in [-0.39, 0.29) is 24.3 Å². The second-order valence-corrected chi connectivity index (χ2v) is 4.23. The third kappa shape index (κ3) is 11.8. The number of carbonyl (C=O) groups is 1. The zero-order chi connectivity index (χ0) is 13.3. The molecule has 1 amide bonds. The lowest BCUT2D eigenvalue weighted by molar-refractivity contribution is -0.174. The van der Waals surface area contributed by atoms with Crippen LogP contribution in [0.4, 0.5) is 13.2 Å². The highest BCUT2D eigenvalue weighted by Crippen LogP contribution is 2.14. The van der Waals surface area contributed by atoms with E-state index in [2.05, 4.69) is 10.1 Å². The van der Waals surface area contributed by atoms with Gasteiger partial charge in [0, 0.05) is 13.0 Å². The van der Waals surface area contributed by atoms with E-state index in [1.165, 1.54) is 0 Å². The van der Waals surface area contributed by atoms with Crippen molar-refractivity contribution < 1.29 is 22.7 Å². The lowest BCUT2D eigenvalue weighted by atomic mass is 10.2. The normalized spacial score (nSPS) is 13.5. The standard InChI is InChI=1S/C10H17ClF3NO2/c1-2-3-8(11)6-15-9(16)4-5-17-7-10(12,13)14/h8H,2-7H2,1H3,(H,15,16). The third-order valence-electron chi connectivity index (χ3n) is 1.86. The van der Waals surface area contributed by atoms with Gasteiger partial charge >= 0.3 is 6.18 Å². The molecule has 0 aromatic rings. The summed E-state index contributed by atoms with van der Waals surface area (Å²) in [6, 6.07) is 0. The Balaban J connectivity index is 3.47. The molecular formula is C10H17ClF3NO2. The SMILES string of the molecule is CCCC(Cl)CNC(=O)CCOCC(F)(F)F. The lowest BCUT2D eigenvalue weighted by Crippen LogP contribution is -2.30. The molecule has 1 unspecified atom stereocenters. The van der Waals surface area contributed by atoms with E-state index in [1.54, 1.807) is 0 Å². The van der Waals surface area contributed by atoms with E-state index >= 15 is 0 Å². The van der Waals surface area contributed by atoms with Crippen LogP contribution in [0, 0.1) is 0 Å². The van der Waals surface area contributed by atoms with Gasteiger partial charge in [0.1, 0.15) is 6.61 Å². The highest BCUT2D eigenvalue weighted by Gasteiger charge is 2.27. The summed E-state index contributed by atoms with van der Waals surface area (Å²) in [5.41, 5.74) is 0. The van der Waals surface area contributed by atoms with Gasteiger partial charge in [-0.05, 0) is 6.42 Å². The van der Waals surface area contributed by atoms with Crippen molar-refractivity contribution in [1.82, 2.24) is 5.32 Å². The van der Waals surface area contributed by atoms with Crippen LogP contribution in [0.1, 0.15) is 26.2 Å². The van der Waals surface area contributed by atoms with Crippen molar-refractivity contribution in [2.75, 3.05) is 19.8 Å². The van der Waals surface area contributed by atoms with Crippen molar-refractivity contribution >= 4 is 17.5 Å². The zero-order valence-corrected chi connectivity index (χ0v) is 10.4. The molecule has 0 aliphatic heterocycles. The van der Waals surface area contributed by atoms with E-state index in [0.717, 1.165) is 12.8 Å². The minimum atomic E-state index is -4.35. The van der Waals surface area contributed by atoms with Gasteiger partial charge in [-0.1, -0.05) is 13.3 Å². The monoisotopic (exact) mass is 275 g/mol. The molecule has 0 spiro atoms. The summed E-state index contributed by atoms with van der Waals surface area (Å²) in [4.78, 5) is 11.1. The van der Waals surface area contributed by atoms with Crippen molar-refractivity contribution in [3.8, 4) is 0 Å². The molecule has 7 heteroatoms. The van der Waals surface area contributed by atoms with Crippen molar-refractivity contribution in [3.05, 3.63) is 0 Å². The predicted octanol–water partition coefficient (Wildman–Crippen LogP) is 2.48. The smallest absolute Gasteiger partial charge is 0.372 e. The molecule has 0 fully saturated rings. The van der Waals surface area contributed by atoms with Crippen LogP contribution in [0.3, 0.4) is 0 Å². The number of nitrogens with one attached hydrogen (secondary N) is 1. The molecule has 0 aliphatic rings. The Morgan fingerprint density at radius 1 is 1.47 bits per heavy atom.